The SMILES string of the molecule is CC(C)=O.[O]=[Ti].[Ti]. The van der Waals surface area contributed by atoms with Crippen LogP contribution in [0.3, 0.4) is 0 Å². The van der Waals surface area contributed by atoms with Crippen LogP contribution in [0.1, 0.15) is 13.8 Å². The summed E-state index contributed by atoms with van der Waals surface area (Å²) >= 11 is 0.750. The first kappa shape index (κ1) is 15.7. The van der Waals surface area contributed by atoms with Crippen molar-refractivity contribution in [2.45, 2.75) is 13.8 Å². The Bertz CT molecular complexity index is 42.2. The molecule has 0 unspecified atom stereocenters. The van der Waals surface area contributed by atoms with Crippen LogP contribution >= 0.6 is 0 Å². The first-order valence-corrected chi connectivity index (χ1v) is 2.05. The smallest absolute Gasteiger partial charge is 0 e. The van der Waals surface area contributed by atoms with E-state index in [2.05, 4.69) is 0 Å². The molecule has 0 rings (SSSR count). The second kappa shape index (κ2) is 15.8. The van der Waals surface area contributed by atoms with E-state index in [9.17, 15) is 4.79 Å². The third kappa shape index (κ3) is 205. The van der Waals surface area contributed by atoms with Crippen LogP contribution in [-0.4, -0.2) is 5.78 Å². The maximum absolute atomic E-state index is 9.44. The molecule has 38 valence electrons. The molecule has 0 fully saturated rings. The Labute approximate surface area is 69.7 Å². The van der Waals surface area contributed by atoms with Gasteiger partial charge in [0.25, 0.3) is 0 Å². The number of Topliss-reactive ketones (excluding diaryl/α,β-unsaturated/α-hetero) is 1. The van der Waals surface area contributed by atoms with E-state index < -0.39 is 0 Å². The van der Waals surface area contributed by atoms with Gasteiger partial charge in [-0.15, -0.1) is 0 Å². The number of ketones is 1. The fourth-order valence-corrected chi connectivity index (χ4v) is 0. The van der Waals surface area contributed by atoms with Crippen molar-refractivity contribution in [3.05, 3.63) is 0 Å². The summed E-state index contributed by atoms with van der Waals surface area (Å²) in [4.78, 5) is 9.44. The van der Waals surface area contributed by atoms with Crippen molar-refractivity contribution in [1.29, 1.82) is 0 Å². The van der Waals surface area contributed by atoms with E-state index in [1.807, 2.05) is 0 Å². The van der Waals surface area contributed by atoms with Gasteiger partial charge in [0.1, 0.15) is 5.78 Å². The summed E-state index contributed by atoms with van der Waals surface area (Å²) in [6.07, 6.45) is 0. The maximum Gasteiger partial charge on any atom is 0 e. The average molecular weight is 170 g/mol. The molecule has 0 saturated heterocycles. The standard InChI is InChI=1S/C3H6O.O.2Ti/c1-3(2)4;;;/h1-2H3;;;. The van der Waals surface area contributed by atoms with Crippen molar-refractivity contribution < 1.29 is 50.2 Å². The Hall–Kier alpha value is 0.899. The van der Waals surface area contributed by atoms with Crippen LogP contribution in [0.5, 0.6) is 0 Å². The summed E-state index contributed by atoms with van der Waals surface area (Å²) < 4.78 is 8.25. The topological polar surface area (TPSA) is 34.1 Å². The molecule has 7 heavy (non-hydrogen) atoms. The van der Waals surface area contributed by atoms with Gasteiger partial charge in [0.2, 0.25) is 0 Å². The Morgan fingerprint density at radius 2 is 1.29 bits per heavy atom. The molecule has 0 heterocycles. The Balaban J connectivity index is -0.0000000480. The second-order valence-electron chi connectivity index (χ2n) is 0.908. The summed E-state index contributed by atoms with van der Waals surface area (Å²) in [5.41, 5.74) is 0. The monoisotopic (exact) mass is 170 g/mol. The molecule has 0 aliphatic carbocycles. The molecular formula is C3H6O2Ti2. The van der Waals surface area contributed by atoms with Gasteiger partial charge in [0, 0.05) is 21.7 Å². The molecule has 0 N–H and O–H groups in total. The molecule has 0 saturated carbocycles. The summed E-state index contributed by atoms with van der Waals surface area (Å²) in [6.45, 7) is 3.06. The molecule has 0 aromatic heterocycles. The predicted octanol–water partition coefficient (Wildman–Crippen LogP) is 0.471. The van der Waals surface area contributed by atoms with Crippen LogP contribution < -0.4 is 0 Å². The van der Waals surface area contributed by atoms with Gasteiger partial charge in [0.05, 0.1) is 0 Å². The first-order valence-electron chi connectivity index (χ1n) is 1.41. The summed E-state index contributed by atoms with van der Waals surface area (Å²) in [6, 6.07) is 0. The van der Waals surface area contributed by atoms with Crippen LogP contribution in [0.4, 0.5) is 0 Å². The Kier molecular flexibility index (Phi) is 35.3. The number of rotatable bonds is 0. The minimum absolute atomic E-state index is 0. The summed E-state index contributed by atoms with van der Waals surface area (Å²) in [7, 11) is 0. The normalized spacial score (nSPS) is 4.14. The number of carbonyl (C=O) groups excluding carboxylic acids is 1. The van der Waals surface area contributed by atoms with Crippen LogP contribution in [0.15, 0.2) is 0 Å². The van der Waals surface area contributed by atoms with E-state index in [1.165, 1.54) is 13.8 Å². The molecule has 0 aromatic rings. The molecule has 0 radical (unpaired) electrons. The molecule has 0 atom stereocenters. The maximum atomic E-state index is 9.44. The van der Waals surface area contributed by atoms with Crippen molar-refractivity contribution in [3.8, 4) is 0 Å². The fourth-order valence-electron chi connectivity index (χ4n) is 0. The molecule has 0 bridgehead atoms. The van der Waals surface area contributed by atoms with Crippen LogP contribution in [0.25, 0.3) is 0 Å². The molecule has 0 aromatic carbocycles. The number of carbonyl (C=O) groups is 1. The fraction of sp³-hybridized carbons (Fsp3) is 0.667. The van der Waals surface area contributed by atoms with E-state index in [4.69, 9.17) is 3.32 Å². The van der Waals surface area contributed by atoms with Crippen molar-refractivity contribution in [1.82, 2.24) is 0 Å². The first-order chi connectivity index (χ1) is 2.73. The number of hydrogen-bond donors (Lipinski definition) is 0. The average Bonchev–Trinajstić information content (AvgIpc) is 1.41. The van der Waals surface area contributed by atoms with Gasteiger partial charge in [-0.2, -0.15) is 0 Å². The van der Waals surface area contributed by atoms with E-state index in [-0.39, 0.29) is 27.5 Å². The van der Waals surface area contributed by atoms with Crippen LogP contribution in [0.2, 0.25) is 0 Å². The summed E-state index contributed by atoms with van der Waals surface area (Å²) in [5, 5.41) is 0. The molecular weight excluding hydrogens is 164 g/mol. The van der Waals surface area contributed by atoms with Gasteiger partial charge in [-0.25, -0.2) is 0 Å². The van der Waals surface area contributed by atoms with Crippen LogP contribution in [0, 0.1) is 0 Å². The van der Waals surface area contributed by atoms with E-state index >= 15 is 0 Å². The summed E-state index contributed by atoms with van der Waals surface area (Å²) in [5.74, 6) is 0.167. The Morgan fingerprint density at radius 3 is 1.29 bits per heavy atom. The zero-order valence-electron chi connectivity index (χ0n) is 4.32. The minimum atomic E-state index is 0. The minimum Gasteiger partial charge on any atom is 0 e. The molecule has 0 spiro atoms. The van der Waals surface area contributed by atoms with Gasteiger partial charge >= 0.3 is 23.7 Å². The van der Waals surface area contributed by atoms with Crippen LogP contribution in [-0.2, 0) is 50.2 Å². The van der Waals surface area contributed by atoms with Gasteiger partial charge in [-0.3, -0.25) is 0 Å². The van der Waals surface area contributed by atoms with Crippen molar-refractivity contribution in [3.63, 3.8) is 0 Å². The zero-order chi connectivity index (χ0) is 5.58. The quantitative estimate of drug-likeness (QED) is 0.495. The predicted molar refractivity (Wildman–Crippen MR) is 17.0 cm³/mol. The molecule has 0 aliphatic rings. The zero-order valence-corrected chi connectivity index (χ0v) is 7.44. The molecule has 0 amide bonds. The molecule has 4 heteroatoms. The van der Waals surface area contributed by atoms with Crippen molar-refractivity contribution >= 4 is 5.78 Å². The van der Waals surface area contributed by atoms with Gasteiger partial charge in [-0.1, -0.05) is 0 Å². The molecule has 2 nitrogen and oxygen atoms in total. The van der Waals surface area contributed by atoms with Gasteiger partial charge in [-0.05, 0) is 13.8 Å². The number of hydrogen-bond acceptors (Lipinski definition) is 2. The van der Waals surface area contributed by atoms with Crippen molar-refractivity contribution in [2.75, 3.05) is 0 Å². The van der Waals surface area contributed by atoms with Gasteiger partial charge in [0.15, 0.2) is 0 Å². The van der Waals surface area contributed by atoms with E-state index in [0.717, 1.165) is 20.4 Å². The third-order valence-corrected chi connectivity index (χ3v) is 0. The second-order valence-corrected chi connectivity index (χ2v) is 0.908. The molecule has 0 aliphatic heterocycles. The van der Waals surface area contributed by atoms with E-state index in [0.29, 0.717) is 0 Å². The largest absolute Gasteiger partial charge is 0 e. The van der Waals surface area contributed by atoms with Crippen molar-refractivity contribution in [2.24, 2.45) is 0 Å². The van der Waals surface area contributed by atoms with Gasteiger partial charge < -0.3 is 4.79 Å². The third-order valence-electron chi connectivity index (χ3n) is 0. The van der Waals surface area contributed by atoms with E-state index in [1.54, 1.807) is 0 Å². The Morgan fingerprint density at radius 1 is 1.29 bits per heavy atom.